The number of hydrogen-bond donors (Lipinski definition) is 4. The van der Waals surface area contributed by atoms with Gasteiger partial charge in [-0.1, -0.05) is 87.2 Å². The van der Waals surface area contributed by atoms with Gasteiger partial charge in [0.15, 0.2) is 5.96 Å². The highest BCUT2D eigenvalue weighted by molar-refractivity contribution is 5.88. The molecule has 3 aromatic carbocycles. The van der Waals surface area contributed by atoms with E-state index in [0.717, 1.165) is 43.2 Å². The topological polar surface area (TPSA) is 132 Å². The molecule has 6 N–H and O–H groups in total. The number of nitrogens with zero attached hydrogens (tertiary/aromatic N) is 1. The lowest BCUT2D eigenvalue weighted by molar-refractivity contribution is -0.129. The number of nitrogens with one attached hydrogen (secondary N) is 2. The maximum absolute atomic E-state index is 13.3. The molecule has 206 valence electrons. The molecule has 2 amide bonds. The van der Waals surface area contributed by atoms with E-state index in [2.05, 4.69) is 22.5 Å². The third kappa shape index (κ3) is 10.5. The highest BCUT2D eigenvalue weighted by atomic mass is 16.5. The molecule has 8 nitrogen and oxygen atoms in total. The second kappa shape index (κ2) is 15.8. The molecule has 0 unspecified atom stereocenters. The number of ether oxygens (including phenoxy) is 1. The molecule has 0 saturated heterocycles. The summed E-state index contributed by atoms with van der Waals surface area (Å²) in [6.45, 7) is 2.90. The number of guanidine groups is 1. The number of nitrogens with two attached hydrogens (primary N) is 2. The van der Waals surface area contributed by atoms with Crippen molar-refractivity contribution in [3.63, 3.8) is 0 Å². The van der Waals surface area contributed by atoms with Crippen LogP contribution in [0.25, 0.3) is 0 Å². The van der Waals surface area contributed by atoms with Gasteiger partial charge >= 0.3 is 0 Å². The van der Waals surface area contributed by atoms with Crippen LogP contribution >= 0.6 is 0 Å². The predicted octanol–water partition coefficient (Wildman–Crippen LogP) is 5.00. The first-order chi connectivity index (χ1) is 18.9. The first-order valence-corrected chi connectivity index (χ1v) is 13.5. The highest BCUT2D eigenvalue weighted by Gasteiger charge is 2.22. The smallest absolute Gasteiger partial charge is 0.247 e. The molecular formula is C31H39N5O3. The predicted molar refractivity (Wildman–Crippen MR) is 155 cm³/mol. The Labute approximate surface area is 230 Å². The fourth-order valence-corrected chi connectivity index (χ4v) is 4.05. The molecule has 0 spiro atoms. The minimum Gasteiger partial charge on any atom is -0.489 e. The maximum Gasteiger partial charge on any atom is 0.247 e. The summed E-state index contributed by atoms with van der Waals surface area (Å²) < 4.78 is 5.88. The Morgan fingerprint density at radius 2 is 1.54 bits per heavy atom. The first kappa shape index (κ1) is 29.2. The zero-order valence-corrected chi connectivity index (χ0v) is 22.6. The van der Waals surface area contributed by atoms with Crippen molar-refractivity contribution in [3.05, 3.63) is 95.6 Å². The molecule has 3 aromatic rings. The number of benzene rings is 3. The minimum atomic E-state index is -0.822. The monoisotopic (exact) mass is 529 g/mol. The second-order valence-electron chi connectivity index (χ2n) is 9.43. The van der Waals surface area contributed by atoms with E-state index in [1.54, 1.807) is 12.1 Å². The van der Waals surface area contributed by atoms with Crippen LogP contribution in [0.2, 0.25) is 0 Å². The van der Waals surface area contributed by atoms with E-state index in [4.69, 9.17) is 16.2 Å². The van der Waals surface area contributed by atoms with Crippen LogP contribution in [0.3, 0.4) is 0 Å². The van der Waals surface area contributed by atoms with E-state index < -0.39 is 6.04 Å². The Balaban J connectivity index is 1.64. The molecule has 0 heterocycles. The van der Waals surface area contributed by atoms with Crippen molar-refractivity contribution >= 4 is 23.5 Å². The van der Waals surface area contributed by atoms with Gasteiger partial charge in [-0.2, -0.15) is 0 Å². The molecule has 0 aliphatic carbocycles. The van der Waals surface area contributed by atoms with Crippen LogP contribution in [0.4, 0.5) is 5.69 Å². The molecule has 0 bridgehead atoms. The van der Waals surface area contributed by atoms with Gasteiger partial charge < -0.3 is 26.8 Å². The Bertz CT molecular complexity index is 1190. The number of aliphatic imine (C=N–C) groups is 1. The van der Waals surface area contributed by atoms with Crippen molar-refractivity contribution < 1.29 is 14.3 Å². The number of hydrogen-bond acceptors (Lipinski definition) is 4. The maximum atomic E-state index is 13.3. The van der Waals surface area contributed by atoms with Crippen LogP contribution in [0.1, 0.15) is 68.2 Å². The van der Waals surface area contributed by atoms with Gasteiger partial charge in [0.25, 0.3) is 0 Å². The van der Waals surface area contributed by atoms with Crippen LogP contribution in [-0.2, 0) is 22.7 Å². The molecular weight excluding hydrogens is 490 g/mol. The van der Waals surface area contributed by atoms with E-state index in [-0.39, 0.29) is 17.8 Å². The quantitative estimate of drug-likeness (QED) is 0.125. The summed E-state index contributed by atoms with van der Waals surface area (Å²) in [5.74, 6) is 0.236. The normalized spacial score (nSPS) is 11.3. The summed E-state index contributed by atoms with van der Waals surface area (Å²) in [4.78, 5) is 30.0. The third-order valence-electron chi connectivity index (χ3n) is 6.20. The number of amides is 2. The molecule has 0 aliphatic rings. The van der Waals surface area contributed by atoms with Gasteiger partial charge in [-0.05, 0) is 47.4 Å². The van der Waals surface area contributed by atoms with Crippen LogP contribution in [-0.4, -0.2) is 17.8 Å². The van der Waals surface area contributed by atoms with E-state index in [0.29, 0.717) is 36.6 Å². The highest BCUT2D eigenvalue weighted by Crippen LogP contribution is 2.20. The Morgan fingerprint density at radius 3 is 2.21 bits per heavy atom. The van der Waals surface area contributed by atoms with Crippen molar-refractivity contribution in [1.29, 1.82) is 0 Å². The van der Waals surface area contributed by atoms with Crippen LogP contribution in [0.15, 0.2) is 83.9 Å². The molecule has 0 fully saturated rings. The van der Waals surface area contributed by atoms with Crippen LogP contribution in [0.5, 0.6) is 5.75 Å². The van der Waals surface area contributed by atoms with E-state index in [1.807, 2.05) is 66.7 Å². The molecule has 8 heteroatoms. The number of unbranched alkanes of at least 4 members (excludes halogenated alkanes) is 4. The molecule has 0 saturated carbocycles. The van der Waals surface area contributed by atoms with Gasteiger partial charge in [-0.25, -0.2) is 4.99 Å². The van der Waals surface area contributed by atoms with Gasteiger partial charge in [0, 0.05) is 13.0 Å². The van der Waals surface area contributed by atoms with Crippen LogP contribution in [0, 0.1) is 0 Å². The summed E-state index contributed by atoms with van der Waals surface area (Å²) in [5.41, 5.74) is 14.1. The third-order valence-corrected chi connectivity index (χ3v) is 6.20. The fraction of sp³-hybridized carbons (Fsp3) is 0.323. The summed E-state index contributed by atoms with van der Waals surface area (Å²) in [6, 6.07) is 23.6. The van der Waals surface area contributed by atoms with E-state index >= 15 is 0 Å². The fourth-order valence-electron chi connectivity index (χ4n) is 4.05. The largest absolute Gasteiger partial charge is 0.489 e. The average molecular weight is 530 g/mol. The van der Waals surface area contributed by atoms with Crippen molar-refractivity contribution in [3.8, 4) is 5.75 Å². The summed E-state index contributed by atoms with van der Waals surface area (Å²) >= 11 is 0. The molecule has 3 rings (SSSR count). The van der Waals surface area contributed by atoms with Crippen LogP contribution < -0.4 is 26.8 Å². The standard InChI is InChI=1S/C31H39N5O3/c1-2-3-4-5-9-12-28(37)36-29(30(38)34-21-23-13-17-26(18-14-23)35-31(32)33)25-15-19-27(20-16-25)39-22-24-10-7-6-8-11-24/h6-8,10-11,13-20,29H,2-5,9,12,21-22H2,1H3,(H,34,38)(H,36,37)(H4,32,33,35)/t29-/m0/s1. The Kier molecular flexibility index (Phi) is 11.9. The van der Waals surface area contributed by atoms with Crippen molar-refractivity contribution in [1.82, 2.24) is 10.6 Å². The molecule has 39 heavy (non-hydrogen) atoms. The Morgan fingerprint density at radius 1 is 0.846 bits per heavy atom. The molecule has 0 aromatic heterocycles. The number of rotatable bonds is 15. The first-order valence-electron chi connectivity index (χ1n) is 13.5. The lowest BCUT2D eigenvalue weighted by atomic mass is 10.0. The lowest BCUT2D eigenvalue weighted by Crippen LogP contribution is -2.40. The van der Waals surface area contributed by atoms with E-state index in [9.17, 15) is 9.59 Å². The zero-order chi connectivity index (χ0) is 27.9. The molecule has 0 radical (unpaired) electrons. The molecule has 1 atom stereocenters. The summed E-state index contributed by atoms with van der Waals surface area (Å²) in [6.07, 6.45) is 5.61. The van der Waals surface area contributed by atoms with Crippen molar-refractivity contribution in [2.24, 2.45) is 16.5 Å². The van der Waals surface area contributed by atoms with Gasteiger partial charge in [-0.15, -0.1) is 0 Å². The second-order valence-corrected chi connectivity index (χ2v) is 9.43. The van der Waals surface area contributed by atoms with Gasteiger partial charge in [0.05, 0.1) is 5.69 Å². The van der Waals surface area contributed by atoms with Gasteiger partial charge in [-0.3, -0.25) is 9.59 Å². The average Bonchev–Trinajstić information content (AvgIpc) is 2.95. The molecule has 0 aliphatic heterocycles. The van der Waals surface area contributed by atoms with Crippen molar-refractivity contribution in [2.75, 3.05) is 0 Å². The lowest BCUT2D eigenvalue weighted by Gasteiger charge is -2.20. The SMILES string of the molecule is CCCCCCCC(=O)N[C@H](C(=O)NCc1ccc(N=C(N)N)cc1)c1ccc(OCc2ccccc2)cc1. The zero-order valence-electron chi connectivity index (χ0n) is 22.6. The summed E-state index contributed by atoms with van der Waals surface area (Å²) in [5, 5.41) is 5.87. The summed E-state index contributed by atoms with van der Waals surface area (Å²) in [7, 11) is 0. The van der Waals surface area contributed by atoms with Gasteiger partial charge in [0.1, 0.15) is 18.4 Å². The van der Waals surface area contributed by atoms with E-state index in [1.165, 1.54) is 0 Å². The number of carbonyl (C=O) groups is 2. The minimum absolute atomic E-state index is 0.0171. The van der Waals surface area contributed by atoms with Crippen molar-refractivity contribution in [2.45, 2.75) is 64.6 Å². The Hall–Kier alpha value is -4.33. The van der Waals surface area contributed by atoms with Gasteiger partial charge in [0.2, 0.25) is 11.8 Å². The number of carbonyl (C=O) groups excluding carboxylic acids is 2.